The SMILES string of the molecule is CC(N)CC(=O)Nc1ccc(=O)n(C)c1.Cl. The Kier molecular flexibility index (Phi) is 5.77. The molecule has 16 heavy (non-hydrogen) atoms. The number of carbonyl (C=O) groups is 1. The summed E-state index contributed by atoms with van der Waals surface area (Å²) in [5, 5.41) is 2.66. The van der Waals surface area contributed by atoms with Gasteiger partial charge in [-0.2, -0.15) is 0 Å². The number of halogens is 1. The van der Waals surface area contributed by atoms with E-state index in [0.29, 0.717) is 5.69 Å². The first-order valence-corrected chi connectivity index (χ1v) is 4.71. The van der Waals surface area contributed by atoms with E-state index in [0.717, 1.165) is 0 Å². The summed E-state index contributed by atoms with van der Waals surface area (Å²) >= 11 is 0. The number of aromatic nitrogens is 1. The van der Waals surface area contributed by atoms with Crippen LogP contribution < -0.4 is 16.6 Å². The van der Waals surface area contributed by atoms with Crippen LogP contribution in [0.5, 0.6) is 0 Å². The lowest BCUT2D eigenvalue weighted by Gasteiger charge is -2.07. The van der Waals surface area contributed by atoms with E-state index in [4.69, 9.17) is 5.73 Å². The van der Waals surface area contributed by atoms with Gasteiger partial charge >= 0.3 is 0 Å². The van der Waals surface area contributed by atoms with Gasteiger partial charge < -0.3 is 15.6 Å². The van der Waals surface area contributed by atoms with Gasteiger partial charge in [0.05, 0.1) is 5.69 Å². The summed E-state index contributed by atoms with van der Waals surface area (Å²) in [6, 6.07) is 2.81. The van der Waals surface area contributed by atoms with Crippen LogP contribution in [0.4, 0.5) is 5.69 Å². The fourth-order valence-corrected chi connectivity index (χ4v) is 1.17. The molecule has 0 aromatic carbocycles. The van der Waals surface area contributed by atoms with Crippen LogP contribution in [-0.2, 0) is 11.8 Å². The maximum atomic E-state index is 11.3. The molecular formula is C10H16ClN3O2. The molecule has 1 unspecified atom stereocenters. The first-order valence-electron chi connectivity index (χ1n) is 4.71. The standard InChI is InChI=1S/C10H15N3O2.ClH/c1-7(11)5-9(14)12-8-3-4-10(15)13(2)6-8;/h3-4,6-7H,5,11H2,1-2H3,(H,12,14);1H. The molecule has 6 heteroatoms. The van der Waals surface area contributed by atoms with E-state index in [9.17, 15) is 9.59 Å². The fourth-order valence-electron chi connectivity index (χ4n) is 1.17. The molecule has 0 aliphatic heterocycles. The number of aryl methyl sites for hydroxylation is 1. The van der Waals surface area contributed by atoms with E-state index in [1.807, 2.05) is 0 Å². The largest absolute Gasteiger partial charge is 0.327 e. The van der Waals surface area contributed by atoms with Crippen molar-refractivity contribution in [2.24, 2.45) is 12.8 Å². The molecule has 0 saturated carbocycles. The zero-order chi connectivity index (χ0) is 11.4. The van der Waals surface area contributed by atoms with E-state index in [1.54, 1.807) is 26.2 Å². The minimum atomic E-state index is -0.169. The molecule has 90 valence electrons. The van der Waals surface area contributed by atoms with Crippen LogP contribution in [0, 0.1) is 0 Å². The van der Waals surface area contributed by atoms with Gasteiger partial charge in [-0.1, -0.05) is 0 Å². The molecule has 0 aliphatic rings. The van der Waals surface area contributed by atoms with Crippen LogP contribution >= 0.6 is 12.4 Å². The first kappa shape index (κ1) is 14.7. The van der Waals surface area contributed by atoms with Crippen molar-refractivity contribution in [3.05, 3.63) is 28.7 Å². The highest BCUT2D eigenvalue weighted by molar-refractivity contribution is 5.90. The first-order chi connectivity index (χ1) is 6.99. The summed E-state index contributed by atoms with van der Waals surface area (Å²) in [5.74, 6) is -0.149. The number of hydrogen-bond acceptors (Lipinski definition) is 3. The van der Waals surface area contributed by atoms with Crippen molar-refractivity contribution >= 4 is 24.0 Å². The molecule has 1 aromatic heterocycles. The maximum absolute atomic E-state index is 11.3. The Balaban J connectivity index is 0.00000225. The van der Waals surface area contributed by atoms with Gasteiger partial charge in [0.1, 0.15) is 0 Å². The van der Waals surface area contributed by atoms with Gasteiger partial charge in [0.25, 0.3) is 0 Å². The highest BCUT2D eigenvalue weighted by Gasteiger charge is 2.05. The maximum Gasteiger partial charge on any atom is 0.250 e. The van der Waals surface area contributed by atoms with E-state index in [1.165, 1.54) is 10.6 Å². The Morgan fingerprint density at radius 3 is 2.69 bits per heavy atom. The average Bonchev–Trinajstić information content (AvgIpc) is 2.10. The fraction of sp³-hybridized carbons (Fsp3) is 0.400. The van der Waals surface area contributed by atoms with Crippen LogP contribution in [0.15, 0.2) is 23.1 Å². The number of carbonyl (C=O) groups excluding carboxylic acids is 1. The van der Waals surface area contributed by atoms with Crippen LogP contribution in [0.3, 0.4) is 0 Å². The number of nitrogens with two attached hydrogens (primary N) is 1. The van der Waals surface area contributed by atoms with Gasteiger partial charge in [0.2, 0.25) is 11.5 Å². The summed E-state index contributed by atoms with van der Waals surface area (Å²) < 4.78 is 1.40. The number of pyridine rings is 1. The highest BCUT2D eigenvalue weighted by Crippen LogP contribution is 2.03. The van der Waals surface area contributed by atoms with Crippen LogP contribution in [0.1, 0.15) is 13.3 Å². The minimum absolute atomic E-state index is 0. The van der Waals surface area contributed by atoms with E-state index in [-0.39, 0.29) is 36.3 Å². The lowest BCUT2D eigenvalue weighted by atomic mass is 10.2. The Labute approximate surface area is 100 Å². The van der Waals surface area contributed by atoms with Crippen molar-refractivity contribution in [3.8, 4) is 0 Å². The normalized spacial score (nSPS) is 11.4. The Hall–Kier alpha value is -1.33. The van der Waals surface area contributed by atoms with E-state index < -0.39 is 0 Å². The third kappa shape index (κ3) is 4.46. The molecule has 1 heterocycles. The third-order valence-electron chi connectivity index (χ3n) is 1.88. The molecule has 1 amide bonds. The molecule has 1 rings (SSSR count). The summed E-state index contributed by atoms with van der Waals surface area (Å²) in [4.78, 5) is 22.4. The summed E-state index contributed by atoms with van der Waals surface area (Å²) in [7, 11) is 1.63. The number of rotatable bonds is 3. The molecule has 0 aliphatic carbocycles. The van der Waals surface area contributed by atoms with Crippen molar-refractivity contribution in [1.29, 1.82) is 0 Å². The number of nitrogens with zero attached hydrogens (tertiary/aromatic N) is 1. The van der Waals surface area contributed by atoms with Crippen molar-refractivity contribution in [2.75, 3.05) is 5.32 Å². The van der Waals surface area contributed by atoms with Gasteiger partial charge in [-0.3, -0.25) is 9.59 Å². The second-order valence-corrected chi connectivity index (χ2v) is 3.60. The summed E-state index contributed by atoms with van der Waals surface area (Å²) in [6.07, 6.45) is 1.84. The van der Waals surface area contributed by atoms with Crippen LogP contribution in [0.25, 0.3) is 0 Å². The van der Waals surface area contributed by atoms with Crippen molar-refractivity contribution in [2.45, 2.75) is 19.4 Å². The molecular weight excluding hydrogens is 230 g/mol. The van der Waals surface area contributed by atoms with Gasteiger partial charge in [0.15, 0.2) is 0 Å². The molecule has 0 fully saturated rings. The zero-order valence-electron chi connectivity index (χ0n) is 9.27. The second kappa shape index (κ2) is 6.30. The van der Waals surface area contributed by atoms with Gasteiger partial charge in [-0.05, 0) is 13.0 Å². The van der Waals surface area contributed by atoms with E-state index in [2.05, 4.69) is 5.32 Å². The van der Waals surface area contributed by atoms with Crippen LogP contribution in [-0.4, -0.2) is 16.5 Å². The van der Waals surface area contributed by atoms with Gasteiger partial charge in [-0.15, -0.1) is 12.4 Å². The monoisotopic (exact) mass is 245 g/mol. The van der Waals surface area contributed by atoms with Crippen molar-refractivity contribution < 1.29 is 4.79 Å². The Bertz CT molecular complexity index is 415. The minimum Gasteiger partial charge on any atom is -0.327 e. The molecule has 0 bridgehead atoms. The number of amides is 1. The third-order valence-corrected chi connectivity index (χ3v) is 1.88. The van der Waals surface area contributed by atoms with Gasteiger partial charge in [0, 0.05) is 31.8 Å². The van der Waals surface area contributed by atoms with Gasteiger partial charge in [-0.25, -0.2) is 0 Å². The molecule has 1 aromatic rings. The topological polar surface area (TPSA) is 77.1 Å². The number of anilines is 1. The predicted molar refractivity (Wildman–Crippen MR) is 65.8 cm³/mol. The van der Waals surface area contributed by atoms with Crippen molar-refractivity contribution in [3.63, 3.8) is 0 Å². The summed E-state index contributed by atoms with van der Waals surface area (Å²) in [5.41, 5.74) is 5.97. The van der Waals surface area contributed by atoms with E-state index >= 15 is 0 Å². The molecule has 1 atom stereocenters. The molecule has 0 saturated heterocycles. The molecule has 3 N–H and O–H groups in total. The molecule has 5 nitrogen and oxygen atoms in total. The van der Waals surface area contributed by atoms with Crippen LogP contribution in [0.2, 0.25) is 0 Å². The average molecular weight is 246 g/mol. The quantitative estimate of drug-likeness (QED) is 0.813. The smallest absolute Gasteiger partial charge is 0.250 e. The highest BCUT2D eigenvalue weighted by atomic mass is 35.5. The lowest BCUT2D eigenvalue weighted by molar-refractivity contribution is -0.116. The number of nitrogens with one attached hydrogen (secondary N) is 1. The lowest BCUT2D eigenvalue weighted by Crippen LogP contribution is -2.24. The number of hydrogen-bond donors (Lipinski definition) is 2. The summed E-state index contributed by atoms with van der Waals surface area (Å²) in [6.45, 7) is 1.76. The molecule has 0 radical (unpaired) electrons. The zero-order valence-corrected chi connectivity index (χ0v) is 10.1. The van der Waals surface area contributed by atoms with Crippen molar-refractivity contribution in [1.82, 2.24) is 4.57 Å². The Morgan fingerprint density at radius 1 is 1.56 bits per heavy atom. The molecule has 0 spiro atoms. The Morgan fingerprint density at radius 2 is 2.19 bits per heavy atom. The predicted octanol–water partition coefficient (Wildman–Crippen LogP) is 0.483. The second-order valence-electron chi connectivity index (χ2n) is 3.60.